The summed E-state index contributed by atoms with van der Waals surface area (Å²) in [6.07, 6.45) is 10.1. The van der Waals surface area contributed by atoms with Crippen LogP contribution in [0.5, 0.6) is 0 Å². The van der Waals surface area contributed by atoms with Gasteiger partial charge in [0, 0.05) is 39.5 Å². The molecule has 0 bridgehead atoms. The molecule has 1 saturated carbocycles. The van der Waals surface area contributed by atoms with E-state index in [2.05, 4.69) is 23.7 Å². The van der Waals surface area contributed by atoms with Gasteiger partial charge in [0.15, 0.2) is 0 Å². The molecular formula is C25H40N4O3S. The first-order valence-corrected chi connectivity index (χ1v) is 13.9. The fourth-order valence-corrected chi connectivity index (χ4v) is 5.75. The molecule has 184 valence electrons. The van der Waals surface area contributed by atoms with Crippen LogP contribution in [0.3, 0.4) is 0 Å². The molecule has 0 aliphatic heterocycles. The second-order valence-corrected chi connectivity index (χ2v) is 11.6. The number of fused-ring (bicyclic) bond motifs is 1. The van der Waals surface area contributed by atoms with Crippen LogP contribution in [0.4, 0.5) is 0 Å². The van der Waals surface area contributed by atoms with Crippen molar-refractivity contribution in [1.29, 1.82) is 0 Å². The number of unbranched alkanes of at least 4 members (excludes halogenated alkanes) is 2. The predicted molar refractivity (Wildman–Crippen MR) is 133 cm³/mol. The Hall–Kier alpha value is -1.93. The molecular weight excluding hydrogens is 436 g/mol. The third kappa shape index (κ3) is 6.15. The summed E-state index contributed by atoms with van der Waals surface area (Å²) in [5.41, 5.74) is 1.59. The van der Waals surface area contributed by atoms with Crippen LogP contribution < -0.4 is 5.32 Å². The average Bonchev–Trinajstić information content (AvgIpc) is 3.37. The Labute approximate surface area is 199 Å². The van der Waals surface area contributed by atoms with Crippen molar-refractivity contribution in [2.24, 2.45) is 5.92 Å². The number of carbonyl (C=O) groups is 1. The highest BCUT2D eigenvalue weighted by Gasteiger charge is 2.28. The molecule has 0 spiro atoms. The lowest BCUT2D eigenvalue weighted by molar-refractivity contribution is -0.122. The van der Waals surface area contributed by atoms with Gasteiger partial charge in [-0.1, -0.05) is 39.5 Å². The van der Waals surface area contributed by atoms with Gasteiger partial charge < -0.3 is 9.88 Å². The standard InChI is InChI=1S/C25H40N4O3S/c1-5-7-10-19-11-9-12-21(19)27-25(30)16-15-24-26-22-18-20(33(31,32)28(3)4)13-14-23(22)29(24)17-8-6-2/h13-14,18-19,21H,5-12,15-17H2,1-4H3,(H,27,30). The van der Waals surface area contributed by atoms with Gasteiger partial charge >= 0.3 is 0 Å². The highest BCUT2D eigenvalue weighted by Crippen LogP contribution is 2.30. The largest absolute Gasteiger partial charge is 0.353 e. The molecule has 1 N–H and O–H groups in total. The number of sulfonamides is 1. The summed E-state index contributed by atoms with van der Waals surface area (Å²) in [7, 11) is -0.463. The molecule has 1 aliphatic rings. The lowest BCUT2D eigenvalue weighted by atomic mass is 9.96. The van der Waals surface area contributed by atoms with Gasteiger partial charge in [0.25, 0.3) is 0 Å². The van der Waals surface area contributed by atoms with Gasteiger partial charge in [-0.3, -0.25) is 4.79 Å². The molecule has 2 atom stereocenters. The molecule has 1 fully saturated rings. The van der Waals surface area contributed by atoms with Gasteiger partial charge in [-0.25, -0.2) is 17.7 Å². The molecule has 7 nitrogen and oxygen atoms in total. The molecule has 2 unspecified atom stereocenters. The smallest absolute Gasteiger partial charge is 0.242 e. The number of hydrogen-bond donors (Lipinski definition) is 1. The summed E-state index contributed by atoms with van der Waals surface area (Å²) in [6.45, 7) is 5.17. The third-order valence-electron chi connectivity index (χ3n) is 6.82. The van der Waals surface area contributed by atoms with Crippen LogP contribution in [-0.4, -0.2) is 48.3 Å². The van der Waals surface area contributed by atoms with Crippen molar-refractivity contribution in [2.45, 2.75) is 95.5 Å². The Morgan fingerprint density at radius 3 is 2.64 bits per heavy atom. The molecule has 0 radical (unpaired) electrons. The molecule has 33 heavy (non-hydrogen) atoms. The normalized spacial score (nSPS) is 18.9. The van der Waals surface area contributed by atoms with Gasteiger partial charge in [0.1, 0.15) is 5.82 Å². The molecule has 1 amide bonds. The SMILES string of the molecule is CCCCC1CCCC1NC(=O)CCc1nc2cc(S(=O)(=O)N(C)C)ccc2n1CCCC. The van der Waals surface area contributed by atoms with Crippen LogP contribution in [0.25, 0.3) is 11.0 Å². The maximum absolute atomic E-state index is 12.8. The van der Waals surface area contributed by atoms with E-state index in [1.54, 1.807) is 12.1 Å². The molecule has 1 aromatic heterocycles. The van der Waals surface area contributed by atoms with Crippen molar-refractivity contribution >= 4 is 27.0 Å². The van der Waals surface area contributed by atoms with Crippen LogP contribution in [0.2, 0.25) is 0 Å². The summed E-state index contributed by atoms with van der Waals surface area (Å²) in [6, 6.07) is 5.44. The molecule has 1 heterocycles. The van der Waals surface area contributed by atoms with Crippen LogP contribution in [0.15, 0.2) is 23.1 Å². The molecule has 0 saturated heterocycles. The average molecular weight is 477 g/mol. The van der Waals surface area contributed by atoms with E-state index >= 15 is 0 Å². The number of benzene rings is 1. The van der Waals surface area contributed by atoms with Gasteiger partial charge in [-0.15, -0.1) is 0 Å². The fraction of sp³-hybridized carbons (Fsp3) is 0.680. The number of rotatable bonds is 12. The van der Waals surface area contributed by atoms with Gasteiger partial charge in [0.05, 0.1) is 15.9 Å². The Bertz CT molecular complexity index is 1050. The minimum absolute atomic E-state index is 0.0911. The van der Waals surface area contributed by atoms with Gasteiger partial charge in [-0.2, -0.15) is 0 Å². The van der Waals surface area contributed by atoms with Crippen molar-refractivity contribution in [3.05, 3.63) is 24.0 Å². The van der Waals surface area contributed by atoms with Crippen molar-refractivity contribution < 1.29 is 13.2 Å². The molecule has 2 aromatic rings. The Balaban J connectivity index is 1.75. The Morgan fingerprint density at radius 1 is 1.18 bits per heavy atom. The second-order valence-electron chi connectivity index (χ2n) is 9.48. The Morgan fingerprint density at radius 2 is 1.94 bits per heavy atom. The van der Waals surface area contributed by atoms with Crippen molar-refractivity contribution in [1.82, 2.24) is 19.2 Å². The topological polar surface area (TPSA) is 84.3 Å². The molecule has 3 rings (SSSR count). The number of aryl methyl sites for hydroxylation is 2. The number of imidazole rings is 1. The summed E-state index contributed by atoms with van der Waals surface area (Å²) in [5.74, 6) is 1.55. The predicted octanol–water partition coefficient (Wildman–Crippen LogP) is 4.49. The maximum Gasteiger partial charge on any atom is 0.242 e. The first-order chi connectivity index (χ1) is 15.8. The third-order valence-corrected chi connectivity index (χ3v) is 8.63. The number of aromatic nitrogens is 2. The van der Waals surface area contributed by atoms with E-state index in [0.717, 1.165) is 37.1 Å². The van der Waals surface area contributed by atoms with Gasteiger partial charge in [0.2, 0.25) is 15.9 Å². The van der Waals surface area contributed by atoms with E-state index in [-0.39, 0.29) is 10.8 Å². The van der Waals surface area contributed by atoms with Crippen LogP contribution >= 0.6 is 0 Å². The van der Waals surface area contributed by atoms with Crippen LogP contribution in [-0.2, 0) is 27.8 Å². The number of nitrogens with one attached hydrogen (secondary N) is 1. The van der Waals surface area contributed by atoms with Crippen molar-refractivity contribution in [3.63, 3.8) is 0 Å². The minimum Gasteiger partial charge on any atom is -0.353 e. The van der Waals surface area contributed by atoms with E-state index in [4.69, 9.17) is 4.98 Å². The fourth-order valence-electron chi connectivity index (χ4n) is 4.83. The quantitative estimate of drug-likeness (QED) is 0.489. The van der Waals surface area contributed by atoms with Crippen molar-refractivity contribution in [3.8, 4) is 0 Å². The zero-order valence-electron chi connectivity index (χ0n) is 20.6. The summed E-state index contributed by atoms with van der Waals surface area (Å²) in [4.78, 5) is 17.8. The van der Waals surface area contributed by atoms with Gasteiger partial charge in [-0.05, 0) is 49.8 Å². The minimum atomic E-state index is -3.52. The number of hydrogen-bond acceptors (Lipinski definition) is 4. The van der Waals surface area contributed by atoms with E-state index in [9.17, 15) is 13.2 Å². The first-order valence-electron chi connectivity index (χ1n) is 12.5. The zero-order chi connectivity index (χ0) is 24.0. The number of amides is 1. The first kappa shape index (κ1) is 25.7. The van der Waals surface area contributed by atoms with Crippen molar-refractivity contribution in [2.75, 3.05) is 14.1 Å². The molecule has 1 aromatic carbocycles. The van der Waals surface area contributed by atoms with E-state index in [1.165, 1.54) is 50.5 Å². The lowest BCUT2D eigenvalue weighted by Crippen LogP contribution is -2.37. The highest BCUT2D eigenvalue weighted by atomic mass is 32.2. The lowest BCUT2D eigenvalue weighted by Gasteiger charge is -2.21. The second kappa shape index (κ2) is 11.5. The monoisotopic (exact) mass is 476 g/mol. The van der Waals surface area contributed by atoms with E-state index < -0.39 is 10.0 Å². The summed E-state index contributed by atoms with van der Waals surface area (Å²) < 4.78 is 28.5. The summed E-state index contributed by atoms with van der Waals surface area (Å²) in [5, 5.41) is 3.29. The van der Waals surface area contributed by atoms with Crippen LogP contribution in [0, 0.1) is 5.92 Å². The molecule has 8 heteroatoms. The highest BCUT2D eigenvalue weighted by molar-refractivity contribution is 7.89. The summed E-state index contributed by atoms with van der Waals surface area (Å²) >= 11 is 0. The number of nitrogens with zero attached hydrogens (tertiary/aromatic N) is 3. The zero-order valence-corrected chi connectivity index (χ0v) is 21.5. The Kier molecular flexibility index (Phi) is 8.93. The number of carbonyl (C=O) groups excluding carboxylic acids is 1. The van der Waals surface area contributed by atoms with E-state index in [0.29, 0.717) is 30.3 Å². The van der Waals surface area contributed by atoms with E-state index in [1.807, 2.05) is 6.07 Å². The molecule has 1 aliphatic carbocycles. The van der Waals surface area contributed by atoms with Crippen LogP contribution in [0.1, 0.15) is 77.5 Å². The maximum atomic E-state index is 12.8.